The molecule has 0 radical (unpaired) electrons. The highest BCUT2D eigenvalue weighted by molar-refractivity contribution is 6.30. The van der Waals surface area contributed by atoms with E-state index in [0.717, 1.165) is 50.5 Å². The number of aromatic hydroxyl groups is 2. The third-order valence-electron chi connectivity index (χ3n) is 5.29. The molecule has 2 aliphatic rings. The van der Waals surface area contributed by atoms with Gasteiger partial charge in [0.1, 0.15) is 17.2 Å². The molecule has 4 rings (SSSR count). The highest BCUT2D eigenvalue weighted by Gasteiger charge is 2.25. The molecular weight excluding hydrogens is 420 g/mol. The second kappa shape index (κ2) is 9.36. The van der Waals surface area contributed by atoms with E-state index in [0.29, 0.717) is 23.7 Å². The van der Waals surface area contributed by atoms with Crippen LogP contribution >= 0.6 is 11.6 Å². The normalized spacial score (nSPS) is 16.8. The van der Waals surface area contributed by atoms with Crippen LogP contribution in [0.5, 0.6) is 17.5 Å². The predicted octanol–water partition coefficient (Wildman–Crippen LogP) is 3.33. The van der Waals surface area contributed by atoms with Crippen molar-refractivity contribution in [2.75, 3.05) is 26.2 Å². The minimum atomic E-state index is -0.241. The lowest BCUT2D eigenvalue weighted by Crippen LogP contribution is -2.32. The average molecular weight is 443 g/mol. The summed E-state index contributed by atoms with van der Waals surface area (Å²) in [4.78, 5) is 24.6. The van der Waals surface area contributed by atoms with Gasteiger partial charge in [0.2, 0.25) is 11.8 Å². The minimum Gasteiger partial charge on any atom is -0.493 e. The number of hydrogen-bond acceptors (Lipinski definition) is 7. The molecule has 2 N–H and O–H groups in total. The van der Waals surface area contributed by atoms with Gasteiger partial charge in [-0.15, -0.1) is 0 Å². The fourth-order valence-electron chi connectivity index (χ4n) is 3.66. The Hall–Kier alpha value is -3.10. The first-order valence-electron chi connectivity index (χ1n) is 10.1. The number of nitrogens with zero attached hydrogens (tertiary/aromatic N) is 4. The molecule has 2 aliphatic heterocycles. The van der Waals surface area contributed by atoms with E-state index < -0.39 is 0 Å². The molecule has 0 spiro atoms. The number of carbonyl (C=O) groups excluding carboxylic acids is 1. The van der Waals surface area contributed by atoms with E-state index in [-0.39, 0.29) is 22.8 Å². The summed E-state index contributed by atoms with van der Waals surface area (Å²) in [7, 11) is 0. The molecule has 2 aromatic rings. The van der Waals surface area contributed by atoms with Crippen LogP contribution in [0.15, 0.2) is 47.8 Å². The van der Waals surface area contributed by atoms with Gasteiger partial charge < -0.3 is 14.9 Å². The Morgan fingerprint density at radius 2 is 1.84 bits per heavy atom. The Kier molecular flexibility index (Phi) is 6.39. The molecule has 31 heavy (non-hydrogen) atoms. The van der Waals surface area contributed by atoms with Crippen LogP contribution < -0.4 is 4.74 Å². The first-order chi connectivity index (χ1) is 15.0. The molecule has 8 nitrogen and oxygen atoms in total. The molecule has 0 saturated carbocycles. The van der Waals surface area contributed by atoms with Crippen LogP contribution in [0.3, 0.4) is 0 Å². The summed E-state index contributed by atoms with van der Waals surface area (Å²) in [6, 6.07) is 8.22. The van der Waals surface area contributed by atoms with Crippen LogP contribution in [0.2, 0.25) is 0 Å². The number of fused-ring (bicyclic) bond motifs is 1. The van der Waals surface area contributed by atoms with Crippen LogP contribution in [0.4, 0.5) is 0 Å². The van der Waals surface area contributed by atoms with Gasteiger partial charge in [-0.3, -0.25) is 14.6 Å². The van der Waals surface area contributed by atoms with Gasteiger partial charge in [-0.05, 0) is 43.5 Å². The molecule has 0 fully saturated rings. The van der Waals surface area contributed by atoms with Crippen LogP contribution in [0, 0.1) is 0 Å². The van der Waals surface area contributed by atoms with Crippen LogP contribution in [0.1, 0.15) is 35.4 Å². The molecule has 0 bridgehead atoms. The highest BCUT2D eigenvalue weighted by atomic mass is 35.5. The van der Waals surface area contributed by atoms with Crippen molar-refractivity contribution in [3.63, 3.8) is 0 Å². The maximum atomic E-state index is 12.8. The zero-order valence-corrected chi connectivity index (χ0v) is 17.6. The number of hydrogen-bond donors (Lipinski definition) is 2. The molecule has 9 heteroatoms. The van der Waals surface area contributed by atoms with Crippen molar-refractivity contribution < 1.29 is 19.7 Å². The molecule has 162 valence electrons. The summed E-state index contributed by atoms with van der Waals surface area (Å²) < 4.78 is 5.51. The maximum Gasteiger partial charge on any atom is 0.262 e. The number of ether oxygens (including phenoxy) is 1. The molecule has 1 aromatic carbocycles. The van der Waals surface area contributed by atoms with Gasteiger partial charge >= 0.3 is 0 Å². The van der Waals surface area contributed by atoms with E-state index in [9.17, 15) is 15.0 Å². The molecule has 0 atom stereocenters. The fraction of sp³-hybridized carbons (Fsp3) is 0.318. The standard InChI is InChI=1S/C22H23ClN4O4/c23-18-14-31-17-6-2-1-5-16(17)22(30)27(18)10-4-3-9-26-11-7-15(8-12-26)21-24-19(28)13-20(29)25-21/h1-2,5-7,13-14H,3-4,8-12H2,(H2,24,25,28,29). The van der Waals surface area contributed by atoms with Gasteiger partial charge in [-0.25, -0.2) is 0 Å². The number of aromatic nitrogens is 2. The average Bonchev–Trinajstić information content (AvgIpc) is 2.88. The molecule has 0 saturated heterocycles. The quantitative estimate of drug-likeness (QED) is 0.523. The number of carbonyl (C=O) groups is 1. The zero-order chi connectivity index (χ0) is 21.8. The fourth-order valence-corrected chi connectivity index (χ4v) is 3.87. The van der Waals surface area contributed by atoms with Gasteiger partial charge in [-0.1, -0.05) is 29.8 Å². The molecule has 3 heterocycles. The first kappa shape index (κ1) is 21.1. The number of unbranched alkanes of at least 4 members (excludes halogenated alkanes) is 1. The van der Waals surface area contributed by atoms with Crippen LogP contribution in [-0.4, -0.2) is 62.1 Å². The number of halogens is 1. The highest BCUT2D eigenvalue weighted by Crippen LogP contribution is 2.27. The van der Waals surface area contributed by atoms with E-state index in [1.165, 1.54) is 6.26 Å². The zero-order valence-electron chi connectivity index (χ0n) is 16.9. The van der Waals surface area contributed by atoms with Gasteiger partial charge in [0.25, 0.3) is 5.91 Å². The van der Waals surface area contributed by atoms with E-state index in [1.807, 2.05) is 12.1 Å². The summed E-state index contributed by atoms with van der Waals surface area (Å²) in [6.07, 6.45) is 5.86. The predicted molar refractivity (Wildman–Crippen MR) is 116 cm³/mol. The third kappa shape index (κ3) is 4.98. The third-order valence-corrected chi connectivity index (χ3v) is 5.58. The van der Waals surface area contributed by atoms with E-state index in [2.05, 4.69) is 14.9 Å². The number of amides is 1. The van der Waals surface area contributed by atoms with Gasteiger partial charge in [0.05, 0.1) is 11.6 Å². The summed E-state index contributed by atoms with van der Waals surface area (Å²) in [5.41, 5.74) is 1.41. The van der Waals surface area contributed by atoms with Crippen molar-refractivity contribution in [3.8, 4) is 17.5 Å². The van der Waals surface area contributed by atoms with Gasteiger partial charge in [0, 0.05) is 19.6 Å². The van der Waals surface area contributed by atoms with Crippen LogP contribution in [-0.2, 0) is 0 Å². The van der Waals surface area contributed by atoms with E-state index in [4.69, 9.17) is 16.3 Å². The molecule has 0 aliphatic carbocycles. The van der Waals surface area contributed by atoms with Crippen LogP contribution in [0.25, 0.3) is 5.57 Å². The Balaban J connectivity index is 1.28. The van der Waals surface area contributed by atoms with Crippen molar-refractivity contribution >= 4 is 23.1 Å². The molecule has 1 aromatic heterocycles. The minimum absolute atomic E-state index is 0.158. The lowest BCUT2D eigenvalue weighted by molar-refractivity contribution is 0.0814. The van der Waals surface area contributed by atoms with Crippen molar-refractivity contribution in [1.82, 2.24) is 19.8 Å². The Morgan fingerprint density at radius 3 is 2.58 bits per heavy atom. The Morgan fingerprint density at radius 1 is 1.10 bits per heavy atom. The lowest BCUT2D eigenvalue weighted by Gasteiger charge is -2.26. The first-order valence-corrected chi connectivity index (χ1v) is 10.5. The topological polar surface area (TPSA) is 99.0 Å². The Bertz CT molecular complexity index is 1020. The second-order valence-electron chi connectivity index (χ2n) is 7.41. The summed E-state index contributed by atoms with van der Waals surface area (Å²) in [6.45, 7) is 2.96. The molecule has 1 amide bonds. The summed E-state index contributed by atoms with van der Waals surface area (Å²) in [5, 5.41) is 19.4. The summed E-state index contributed by atoms with van der Waals surface area (Å²) in [5.74, 6) is 0.229. The van der Waals surface area contributed by atoms with Gasteiger partial charge in [-0.2, -0.15) is 9.97 Å². The second-order valence-corrected chi connectivity index (χ2v) is 7.79. The van der Waals surface area contributed by atoms with E-state index >= 15 is 0 Å². The number of rotatable bonds is 6. The lowest BCUT2D eigenvalue weighted by atomic mass is 10.1. The van der Waals surface area contributed by atoms with Crippen molar-refractivity contribution in [2.45, 2.75) is 19.3 Å². The molecular formula is C22H23ClN4O4. The molecule has 0 unspecified atom stereocenters. The van der Waals surface area contributed by atoms with E-state index in [1.54, 1.807) is 23.1 Å². The van der Waals surface area contributed by atoms with Crippen molar-refractivity contribution in [2.24, 2.45) is 0 Å². The maximum absolute atomic E-state index is 12.8. The Labute approximate surface area is 185 Å². The SMILES string of the molecule is O=C1c2ccccc2OC=C(Cl)N1CCCCN1CC=C(c2nc(O)cc(O)n2)CC1. The number of para-hydroxylation sites is 1. The summed E-state index contributed by atoms with van der Waals surface area (Å²) >= 11 is 6.27. The largest absolute Gasteiger partial charge is 0.493 e. The smallest absolute Gasteiger partial charge is 0.262 e. The van der Waals surface area contributed by atoms with Crippen molar-refractivity contribution in [3.05, 3.63) is 59.2 Å². The van der Waals surface area contributed by atoms with Gasteiger partial charge in [0.15, 0.2) is 5.82 Å². The van der Waals surface area contributed by atoms with Crippen molar-refractivity contribution in [1.29, 1.82) is 0 Å². The monoisotopic (exact) mass is 442 g/mol. The number of benzene rings is 1.